The molecule has 2 atom stereocenters. The number of hydrogen-bond donors (Lipinski definition) is 1. The Bertz CT molecular complexity index is 1180. The molecule has 0 amide bonds. The Balaban J connectivity index is 1.26. The Labute approximate surface area is 195 Å². The van der Waals surface area contributed by atoms with E-state index in [2.05, 4.69) is 40.5 Å². The molecule has 1 saturated carbocycles. The summed E-state index contributed by atoms with van der Waals surface area (Å²) in [6, 6.07) is 12.0. The maximum absolute atomic E-state index is 4.99. The third kappa shape index (κ3) is 4.41. The third-order valence-corrected chi connectivity index (χ3v) is 7.11. The van der Waals surface area contributed by atoms with Gasteiger partial charge in [-0.2, -0.15) is 0 Å². The summed E-state index contributed by atoms with van der Waals surface area (Å²) in [6.45, 7) is 6.23. The molecular weight excluding hydrogens is 410 g/mol. The SMILES string of the molecule is CCCC1=NCC(C2(CCC)CCC(CNc3cc(-n4nnc5ccccc54)ccn3)C2)=N1. The van der Waals surface area contributed by atoms with Gasteiger partial charge in [-0.3, -0.25) is 4.99 Å². The van der Waals surface area contributed by atoms with Gasteiger partial charge in [-0.15, -0.1) is 5.10 Å². The Morgan fingerprint density at radius 1 is 1.15 bits per heavy atom. The number of amidine groups is 1. The number of rotatable bonds is 9. The maximum atomic E-state index is 4.99. The highest BCUT2D eigenvalue weighted by atomic mass is 15.4. The lowest BCUT2D eigenvalue weighted by Gasteiger charge is -2.29. The molecule has 0 radical (unpaired) electrons. The number of para-hydroxylation sites is 1. The van der Waals surface area contributed by atoms with Crippen LogP contribution in [0.25, 0.3) is 16.7 Å². The van der Waals surface area contributed by atoms with E-state index in [4.69, 9.17) is 9.98 Å². The van der Waals surface area contributed by atoms with E-state index in [1.165, 1.54) is 37.8 Å². The summed E-state index contributed by atoms with van der Waals surface area (Å²) in [7, 11) is 0. The molecule has 7 heteroatoms. The number of fused-ring (bicyclic) bond motifs is 1. The number of nitrogens with one attached hydrogen (secondary N) is 1. The number of benzene rings is 1. The molecule has 2 unspecified atom stereocenters. The van der Waals surface area contributed by atoms with E-state index in [-0.39, 0.29) is 5.41 Å². The van der Waals surface area contributed by atoms with E-state index in [1.54, 1.807) is 0 Å². The van der Waals surface area contributed by atoms with Gasteiger partial charge in [0.05, 0.1) is 17.7 Å². The van der Waals surface area contributed by atoms with Gasteiger partial charge in [0, 0.05) is 36.4 Å². The van der Waals surface area contributed by atoms with Crippen LogP contribution >= 0.6 is 0 Å². The first kappa shape index (κ1) is 21.7. The van der Waals surface area contributed by atoms with Crippen LogP contribution in [0.15, 0.2) is 52.6 Å². The Morgan fingerprint density at radius 2 is 2.06 bits per heavy atom. The van der Waals surface area contributed by atoms with E-state index in [0.717, 1.165) is 54.3 Å². The lowest BCUT2D eigenvalue weighted by atomic mass is 9.76. The van der Waals surface area contributed by atoms with E-state index in [9.17, 15) is 0 Å². The quantitative estimate of drug-likeness (QED) is 0.476. The van der Waals surface area contributed by atoms with Crippen molar-refractivity contribution in [2.75, 3.05) is 18.4 Å². The summed E-state index contributed by atoms with van der Waals surface area (Å²) in [4.78, 5) is 14.3. The van der Waals surface area contributed by atoms with E-state index in [1.807, 2.05) is 41.2 Å². The van der Waals surface area contributed by atoms with Crippen LogP contribution in [-0.4, -0.2) is 44.6 Å². The van der Waals surface area contributed by atoms with Gasteiger partial charge in [-0.25, -0.2) is 14.7 Å². The van der Waals surface area contributed by atoms with E-state index in [0.29, 0.717) is 5.92 Å². The Kier molecular flexibility index (Phi) is 6.20. The highest BCUT2D eigenvalue weighted by Crippen LogP contribution is 2.47. The van der Waals surface area contributed by atoms with Crippen molar-refractivity contribution in [3.63, 3.8) is 0 Å². The molecule has 0 spiro atoms. The lowest BCUT2D eigenvalue weighted by Crippen LogP contribution is -2.30. The van der Waals surface area contributed by atoms with Crippen LogP contribution < -0.4 is 5.32 Å². The maximum Gasteiger partial charge on any atom is 0.128 e. The second kappa shape index (κ2) is 9.41. The Hall–Kier alpha value is -3.09. The van der Waals surface area contributed by atoms with Gasteiger partial charge in [-0.1, -0.05) is 37.6 Å². The van der Waals surface area contributed by atoms with Crippen LogP contribution in [0.4, 0.5) is 5.82 Å². The van der Waals surface area contributed by atoms with Crippen molar-refractivity contribution in [3.05, 3.63) is 42.6 Å². The molecule has 1 aromatic carbocycles. The standard InChI is InChI=1S/C26H33N7/c1-3-7-24-29-18-23(30-24)26(12-4-2)13-10-19(16-26)17-28-25-15-20(11-14-27-25)33-22-9-6-5-8-21(22)31-32-33/h5-6,8-9,11,14-15,19H,3-4,7,10,12-13,16-18H2,1-2H3,(H,27,28). The van der Waals surface area contributed by atoms with Crippen molar-refractivity contribution in [1.82, 2.24) is 20.0 Å². The minimum atomic E-state index is 0.231. The van der Waals surface area contributed by atoms with E-state index < -0.39 is 0 Å². The number of aromatic nitrogens is 4. The van der Waals surface area contributed by atoms with Gasteiger partial charge in [-0.05, 0) is 56.2 Å². The molecule has 0 saturated heterocycles. The van der Waals surface area contributed by atoms with Crippen molar-refractivity contribution in [3.8, 4) is 5.69 Å². The first-order chi connectivity index (χ1) is 16.2. The van der Waals surface area contributed by atoms with Gasteiger partial charge in [0.1, 0.15) is 17.2 Å². The van der Waals surface area contributed by atoms with Crippen LogP contribution in [0.1, 0.15) is 58.8 Å². The number of anilines is 1. The fourth-order valence-corrected chi connectivity index (χ4v) is 5.52. The number of pyridine rings is 1. The second-order valence-corrected chi connectivity index (χ2v) is 9.45. The van der Waals surface area contributed by atoms with E-state index >= 15 is 0 Å². The van der Waals surface area contributed by atoms with Crippen LogP contribution in [0, 0.1) is 11.3 Å². The average Bonchev–Trinajstić information content (AvgIpc) is 3.57. The summed E-state index contributed by atoms with van der Waals surface area (Å²) in [5.74, 6) is 2.56. The zero-order valence-electron chi connectivity index (χ0n) is 19.7. The molecule has 1 fully saturated rings. The predicted molar refractivity (Wildman–Crippen MR) is 134 cm³/mol. The molecule has 1 aliphatic heterocycles. The lowest BCUT2D eigenvalue weighted by molar-refractivity contribution is 0.375. The van der Waals surface area contributed by atoms with Gasteiger partial charge in [0.25, 0.3) is 0 Å². The highest BCUT2D eigenvalue weighted by Gasteiger charge is 2.43. The molecule has 3 aromatic rings. The molecular formula is C26H33N7. The molecule has 3 heterocycles. The molecule has 172 valence electrons. The summed E-state index contributed by atoms with van der Waals surface area (Å²) in [6.07, 6.45) is 9.99. The molecule has 1 N–H and O–H groups in total. The van der Waals surface area contributed by atoms with Crippen molar-refractivity contribution in [1.29, 1.82) is 0 Å². The fraction of sp³-hybridized carbons (Fsp3) is 0.500. The minimum absolute atomic E-state index is 0.231. The van der Waals surface area contributed by atoms with Crippen molar-refractivity contribution in [2.24, 2.45) is 21.3 Å². The van der Waals surface area contributed by atoms with Crippen molar-refractivity contribution >= 4 is 28.4 Å². The van der Waals surface area contributed by atoms with Crippen LogP contribution in [0.5, 0.6) is 0 Å². The molecule has 0 bridgehead atoms. The van der Waals surface area contributed by atoms with Gasteiger partial charge >= 0.3 is 0 Å². The molecule has 2 aromatic heterocycles. The summed E-state index contributed by atoms with van der Waals surface area (Å²) in [5, 5.41) is 12.2. The number of hydrogen-bond acceptors (Lipinski definition) is 6. The van der Waals surface area contributed by atoms with Gasteiger partial charge < -0.3 is 5.32 Å². The van der Waals surface area contributed by atoms with Crippen LogP contribution in [0.2, 0.25) is 0 Å². The van der Waals surface area contributed by atoms with Crippen molar-refractivity contribution < 1.29 is 0 Å². The number of nitrogens with zero attached hydrogens (tertiary/aromatic N) is 6. The fourth-order valence-electron chi connectivity index (χ4n) is 5.52. The zero-order chi connectivity index (χ0) is 22.7. The minimum Gasteiger partial charge on any atom is -0.370 e. The molecule has 5 rings (SSSR count). The molecule has 1 aliphatic carbocycles. The zero-order valence-corrected chi connectivity index (χ0v) is 19.7. The topological polar surface area (TPSA) is 80.4 Å². The van der Waals surface area contributed by atoms with Crippen molar-refractivity contribution in [2.45, 2.75) is 58.8 Å². The first-order valence-electron chi connectivity index (χ1n) is 12.3. The first-order valence-corrected chi connectivity index (χ1v) is 12.3. The second-order valence-electron chi connectivity index (χ2n) is 9.45. The summed E-state index contributed by atoms with van der Waals surface area (Å²) in [5.41, 5.74) is 4.43. The van der Waals surface area contributed by atoms with Gasteiger partial charge in [0.15, 0.2) is 0 Å². The smallest absolute Gasteiger partial charge is 0.128 e. The number of aliphatic imine (C=N–C) groups is 2. The summed E-state index contributed by atoms with van der Waals surface area (Å²) >= 11 is 0. The molecule has 7 nitrogen and oxygen atoms in total. The average molecular weight is 444 g/mol. The van der Waals surface area contributed by atoms with Gasteiger partial charge in [0.2, 0.25) is 0 Å². The third-order valence-electron chi connectivity index (χ3n) is 7.11. The highest BCUT2D eigenvalue weighted by molar-refractivity contribution is 6.06. The van der Waals surface area contributed by atoms with Crippen LogP contribution in [0.3, 0.4) is 0 Å². The monoisotopic (exact) mass is 443 g/mol. The largest absolute Gasteiger partial charge is 0.370 e. The predicted octanol–water partition coefficient (Wildman–Crippen LogP) is 5.47. The molecule has 33 heavy (non-hydrogen) atoms. The molecule has 2 aliphatic rings. The summed E-state index contributed by atoms with van der Waals surface area (Å²) < 4.78 is 1.87. The Morgan fingerprint density at radius 3 is 2.94 bits per heavy atom. The normalized spacial score (nSPS) is 22.5. The van der Waals surface area contributed by atoms with Crippen LogP contribution in [-0.2, 0) is 0 Å².